The van der Waals surface area contributed by atoms with E-state index in [2.05, 4.69) is 17.7 Å². The first kappa shape index (κ1) is 19.4. The van der Waals surface area contributed by atoms with E-state index in [-0.39, 0.29) is 30.6 Å². The molecule has 2 atom stereocenters. The summed E-state index contributed by atoms with van der Waals surface area (Å²) in [5.74, 6) is 0.0421. The molecule has 1 saturated heterocycles. The van der Waals surface area contributed by atoms with Crippen LogP contribution in [0, 0.1) is 5.92 Å². The monoisotopic (exact) mass is 373 g/mol. The molecule has 3 amide bonds. The minimum atomic E-state index is -0.191. The van der Waals surface area contributed by atoms with Gasteiger partial charge in [0.15, 0.2) is 0 Å². The van der Waals surface area contributed by atoms with E-state index in [0.29, 0.717) is 36.4 Å². The lowest BCUT2D eigenvalue weighted by molar-refractivity contribution is -0.130. The van der Waals surface area contributed by atoms with E-state index in [1.54, 1.807) is 24.3 Å². The zero-order chi connectivity index (χ0) is 19.2. The number of nitrogens with one attached hydrogen (secondary N) is 2. The van der Waals surface area contributed by atoms with Crippen LogP contribution in [0.1, 0.15) is 55.8 Å². The second-order valence-electron chi connectivity index (χ2n) is 7.24. The molecule has 0 bridgehead atoms. The number of hydrogen-bond acceptors (Lipinski definition) is 4. The van der Waals surface area contributed by atoms with Crippen molar-refractivity contribution in [2.75, 3.05) is 18.2 Å². The van der Waals surface area contributed by atoms with E-state index >= 15 is 0 Å². The van der Waals surface area contributed by atoms with Crippen molar-refractivity contribution < 1.29 is 19.1 Å². The van der Waals surface area contributed by atoms with Gasteiger partial charge in [-0.1, -0.05) is 19.8 Å². The highest BCUT2D eigenvalue weighted by Gasteiger charge is 2.24. The largest absolute Gasteiger partial charge is 0.376 e. The van der Waals surface area contributed by atoms with Gasteiger partial charge in [-0.2, -0.15) is 0 Å². The first-order valence-electron chi connectivity index (χ1n) is 9.67. The van der Waals surface area contributed by atoms with E-state index in [0.717, 1.165) is 6.42 Å². The number of nitrogens with zero attached hydrogens (tertiary/aromatic N) is 1. The zero-order valence-electron chi connectivity index (χ0n) is 15.7. The molecule has 1 aliphatic heterocycles. The Morgan fingerprint density at radius 1 is 1.19 bits per heavy atom. The summed E-state index contributed by atoms with van der Waals surface area (Å²) >= 11 is 0. The molecule has 2 aliphatic rings. The summed E-state index contributed by atoms with van der Waals surface area (Å²) in [6.07, 6.45) is 5.50. The highest BCUT2D eigenvalue weighted by molar-refractivity contribution is 6.01. The van der Waals surface area contributed by atoms with Gasteiger partial charge in [-0.25, -0.2) is 5.01 Å². The molecule has 2 unspecified atom stereocenters. The van der Waals surface area contributed by atoms with Crippen molar-refractivity contribution in [2.24, 2.45) is 5.92 Å². The number of benzene rings is 1. The Bertz CT molecular complexity index is 689. The second-order valence-corrected chi connectivity index (χ2v) is 7.24. The van der Waals surface area contributed by atoms with Crippen LogP contribution in [-0.2, 0) is 14.3 Å². The second kappa shape index (κ2) is 8.99. The Labute approximate surface area is 159 Å². The molecule has 1 saturated carbocycles. The average Bonchev–Trinajstić information content (AvgIpc) is 2.68. The Morgan fingerprint density at radius 2 is 1.93 bits per heavy atom. The van der Waals surface area contributed by atoms with E-state index in [9.17, 15) is 14.4 Å². The van der Waals surface area contributed by atoms with Gasteiger partial charge in [0.1, 0.15) is 0 Å². The van der Waals surface area contributed by atoms with Crippen molar-refractivity contribution in [1.82, 2.24) is 10.7 Å². The summed E-state index contributed by atoms with van der Waals surface area (Å²) in [6.45, 7) is 3.19. The minimum Gasteiger partial charge on any atom is -0.376 e. The summed E-state index contributed by atoms with van der Waals surface area (Å²) in [5.41, 5.74) is 3.58. The predicted octanol–water partition coefficient (Wildman–Crippen LogP) is 2.17. The molecule has 2 N–H and O–H groups in total. The molecule has 2 fully saturated rings. The maximum absolute atomic E-state index is 12.2. The maximum atomic E-state index is 12.2. The van der Waals surface area contributed by atoms with Crippen molar-refractivity contribution in [3.63, 3.8) is 0 Å². The third-order valence-electron chi connectivity index (χ3n) is 5.19. The predicted molar refractivity (Wildman–Crippen MR) is 101 cm³/mol. The van der Waals surface area contributed by atoms with Gasteiger partial charge < -0.3 is 10.1 Å². The van der Waals surface area contributed by atoms with Crippen molar-refractivity contribution in [1.29, 1.82) is 0 Å². The molecule has 0 radical (unpaired) electrons. The lowest BCUT2D eigenvalue weighted by Crippen LogP contribution is -2.50. The molecule has 0 aromatic heterocycles. The Balaban J connectivity index is 1.46. The first-order chi connectivity index (χ1) is 13.0. The van der Waals surface area contributed by atoms with Crippen LogP contribution in [0.15, 0.2) is 24.3 Å². The fraction of sp³-hybridized carbons (Fsp3) is 0.550. The lowest BCUT2D eigenvalue weighted by atomic mass is 9.88. The van der Waals surface area contributed by atoms with Gasteiger partial charge in [-0.3, -0.25) is 19.8 Å². The molecule has 1 aromatic rings. The molecule has 146 valence electrons. The van der Waals surface area contributed by atoms with E-state index in [1.807, 2.05) is 0 Å². The van der Waals surface area contributed by atoms with Gasteiger partial charge >= 0.3 is 0 Å². The number of anilines is 1. The molecule has 1 heterocycles. The van der Waals surface area contributed by atoms with Crippen LogP contribution in [0.2, 0.25) is 0 Å². The number of hydrogen-bond donors (Lipinski definition) is 2. The molecule has 27 heavy (non-hydrogen) atoms. The number of amides is 3. The number of hydrazine groups is 1. The van der Waals surface area contributed by atoms with Crippen LogP contribution in [-0.4, -0.2) is 37.0 Å². The summed E-state index contributed by atoms with van der Waals surface area (Å²) < 4.78 is 5.90. The van der Waals surface area contributed by atoms with Gasteiger partial charge in [0.05, 0.1) is 18.4 Å². The van der Waals surface area contributed by atoms with Gasteiger partial charge in [0.2, 0.25) is 11.8 Å². The number of carbonyl (C=O) groups excluding carboxylic acids is 3. The maximum Gasteiger partial charge on any atom is 0.251 e. The van der Waals surface area contributed by atoms with Crippen LogP contribution in [0.3, 0.4) is 0 Å². The van der Waals surface area contributed by atoms with E-state index < -0.39 is 0 Å². The number of rotatable bonds is 6. The van der Waals surface area contributed by atoms with Crippen LogP contribution in [0.25, 0.3) is 0 Å². The van der Waals surface area contributed by atoms with Crippen LogP contribution >= 0.6 is 0 Å². The smallest absolute Gasteiger partial charge is 0.251 e. The zero-order valence-corrected chi connectivity index (χ0v) is 15.7. The highest BCUT2D eigenvalue weighted by Crippen LogP contribution is 2.26. The summed E-state index contributed by atoms with van der Waals surface area (Å²) in [4.78, 5) is 35.6. The average molecular weight is 373 g/mol. The van der Waals surface area contributed by atoms with Gasteiger partial charge in [0.25, 0.3) is 5.91 Å². The SMILES string of the molecule is CC1CCCCC1OCCNC(=O)c1ccc(N2NC(=O)CCC2=O)cc1. The van der Waals surface area contributed by atoms with Crippen LogP contribution in [0.4, 0.5) is 5.69 Å². The topological polar surface area (TPSA) is 87.7 Å². The molecular weight excluding hydrogens is 346 g/mol. The summed E-state index contributed by atoms with van der Waals surface area (Å²) in [7, 11) is 0. The normalized spacial score (nSPS) is 23.1. The molecular formula is C20H27N3O4. The first-order valence-corrected chi connectivity index (χ1v) is 9.67. The van der Waals surface area contributed by atoms with Crippen LogP contribution in [0.5, 0.6) is 0 Å². The molecule has 3 rings (SSSR count). The van der Waals surface area contributed by atoms with Gasteiger partial charge in [-0.15, -0.1) is 0 Å². The lowest BCUT2D eigenvalue weighted by Gasteiger charge is -2.28. The van der Waals surface area contributed by atoms with Crippen molar-refractivity contribution in [3.8, 4) is 0 Å². The Kier molecular flexibility index (Phi) is 6.45. The third-order valence-corrected chi connectivity index (χ3v) is 5.19. The highest BCUT2D eigenvalue weighted by atomic mass is 16.5. The van der Waals surface area contributed by atoms with Crippen molar-refractivity contribution in [2.45, 2.75) is 51.6 Å². The number of carbonyl (C=O) groups is 3. The molecule has 0 spiro atoms. The van der Waals surface area contributed by atoms with Crippen LogP contribution < -0.4 is 15.8 Å². The number of ether oxygens (including phenoxy) is 1. The summed E-state index contributed by atoms with van der Waals surface area (Å²) in [6, 6.07) is 6.59. The van der Waals surface area contributed by atoms with E-state index in [1.165, 1.54) is 24.3 Å². The standard InChI is InChI=1S/C20H27N3O4/c1-14-4-2-3-5-17(14)27-13-12-21-20(26)15-6-8-16(9-7-15)23-19(25)11-10-18(24)22-23/h6-9,14,17H,2-5,10-13H2,1H3,(H,21,26)(H,22,24). The Hall–Kier alpha value is -2.41. The molecule has 7 nitrogen and oxygen atoms in total. The fourth-order valence-corrected chi connectivity index (χ4v) is 3.55. The van der Waals surface area contributed by atoms with Gasteiger partial charge in [-0.05, 0) is 43.0 Å². The quantitative estimate of drug-likeness (QED) is 0.748. The van der Waals surface area contributed by atoms with E-state index in [4.69, 9.17) is 4.74 Å². The summed E-state index contributed by atoms with van der Waals surface area (Å²) in [5, 5.41) is 4.08. The molecule has 1 aliphatic carbocycles. The molecule has 1 aromatic carbocycles. The fourth-order valence-electron chi connectivity index (χ4n) is 3.55. The van der Waals surface area contributed by atoms with Crippen molar-refractivity contribution in [3.05, 3.63) is 29.8 Å². The van der Waals surface area contributed by atoms with Crippen molar-refractivity contribution >= 4 is 23.4 Å². The third kappa shape index (κ3) is 5.07. The Morgan fingerprint density at radius 3 is 2.67 bits per heavy atom. The van der Waals surface area contributed by atoms with Gasteiger partial charge in [0, 0.05) is 24.9 Å². The minimum absolute atomic E-state index is 0.166. The molecule has 7 heteroatoms.